The average molecular weight is 428 g/mol. The number of nitrogens with one attached hydrogen (secondary N) is 1. The van der Waals surface area contributed by atoms with Gasteiger partial charge < -0.3 is 4.90 Å². The number of alkyl halides is 1. The number of nitrogens with zero attached hydrogens (tertiary/aromatic N) is 2. The predicted octanol–water partition coefficient (Wildman–Crippen LogP) is 3.48. The zero-order chi connectivity index (χ0) is 21.3. The molecule has 0 aliphatic carbocycles. The molecule has 2 aliphatic rings. The van der Waals surface area contributed by atoms with Gasteiger partial charge in [0.25, 0.3) is 11.8 Å². The van der Waals surface area contributed by atoms with Crippen LogP contribution in [-0.2, 0) is 16.0 Å². The topological polar surface area (TPSA) is 69.7 Å². The van der Waals surface area contributed by atoms with E-state index >= 15 is 0 Å². The normalized spacial score (nSPS) is 17.5. The number of hydrogen-bond acceptors (Lipinski definition) is 4. The molecule has 0 unspecified atom stereocenters. The third kappa shape index (κ3) is 3.80. The lowest BCUT2D eigenvalue weighted by Gasteiger charge is -2.26. The summed E-state index contributed by atoms with van der Waals surface area (Å²) < 4.78 is 13.2. The minimum absolute atomic E-state index is 0.157. The third-order valence-electron chi connectivity index (χ3n) is 5.15. The van der Waals surface area contributed by atoms with Crippen molar-refractivity contribution in [2.24, 2.45) is 0 Å². The number of hydrogen-bond donors (Lipinski definition) is 1. The summed E-state index contributed by atoms with van der Waals surface area (Å²) in [6.07, 6.45) is 3.24. The van der Waals surface area contributed by atoms with E-state index in [0.717, 1.165) is 54.2 Å². The first-order chi connectivity index (χ1) is 14.5. The molecule has 2 aliphatic heterocycles. The summed E-state index contributed by atoms with van der Waals surface area (Å²) in [6, 6.07) is 9.80. The molecule has 2 aromatic rings. The second kappa shape index (κ2) is 8.28. The molecule has 30 heavy (non-hydrogen) atoms. The molecule has 0 bridgehead atoms. The lowest BCUT2D eigenvalue weighted by molar-refractivity contribution is -0.122. The van der Waals surface area contributed by atoms with Crippen molar-refractivity contribution in [2.45, 2.75) is 12.8 Å². The van der Waals surface area contributed by atoms with Crippen molar-refractivity contribution in [3.8, 4) is 0 Å². The molecule has 0 radical (unpaired) electrons. The molecule has 1 N–H and O–H groups in total. The van der Waals surface area contributed by atoms with Crippen molar-refractivity contribution >= 4 is 46.9 Å². The van der Waals surface area contributed by atoms with E-state index in [9.17, 15) is 18.8 Å². The Morgan fingerprint density at radius 3 is 2.60 bits per heavy atom. The van der Waals surface area contributed by atoms with Gasteiger partial charge in [-0.2, -0.15) is 0 Å². The number of urea groups is 1. The Hall–Kier alpha value is -3.19. The van der Waals surface area contributed by atoms with E-state index in [-0.39, 0.29) is 11.3 Å². The van der Waals surface area contributed by atoms with Gasteiger partial charge >= 0.3 is 6.03 Å². The van der Waals surface area contributed by atoms with Crippen LogP contribution in [0.4, 0.5) is 20.6 Å². The van der Waals surface area contributed by atoms with Gasteiger partial charge in [-0.3, -0.25) is 14.9 Å². The first kappa shape index (κ1) is 20.1. The minimum atomic E-state index is -0.863. The molecule has 4 rings (SSSR count). The number of amides is 4. The highest BCUT2D eigenvalue weighted by molar-refractivity contribution is 6.39. The monoisotopic (exact) mass is 427 g/mol. The van der Waals surface area contributed by atoms with Gasteiger partial charge in [0, 0.05) is 24.7 Å². The van der Waals surface area contributed by atoms with Crippen LogP contribution in [0.5, 0.6) is 0 Å². The fraction of sp³-hybridized carbons (Fsp3) is 0.227. The van der Waals surface area contributed by atoms with Crippen molar-refractivity contribution < 1.29 is 18.8 Å². The van der Waals surface area contributed by atoms with Crippen LogP contribution in [-0.4, -0.2) is 36.8 Å². The number of barbiturate groups is 1. The predicted molar refractivity (Wildman–Crippen MR) is 113 cm³/mol. The zero-order valence-corrected chi connectivity index (χ0v) is 16.8. The summed E-state index contributed by atoms with van der Waals surface area (Å²) in [7, 11) is 0. The molecule has 4 amide bonds. The number of fused-ring (bicyclic) bond motifs is 1. The fourth-order valence-electron chi connectivity index (χ4n) is 3.71. The van der Waals surface area contributed by atoms with Crippen molar-refractivity contribution in [2.75, 3.05) is 28.8 Å². The van der Waals surface area contributed by atoms with Gasteiger partial charge in [-0.05, 0) is 66.4 Å². The molecule has 8 heteroatoms. The number of carbonyl (C=O) groups is 3. The highest BCUT2D eigenvalue weighted by atomic mass is 35.5. The maximum Gasteiger partial charge on any atom is 0.335 e. The van der Waals surface area contributed by atoms with Gasteiger partial charge in [0.1, 0.15) is 11.4 Å². The molecule has 0 spiro atoms. The quantitative estimate of drug-likeness (QED) is 0.450. The summed E-state index contributed by atoms with van der Waals surface area (Å²) in [6.45, 7) is 1.78. The minimum Gasteiger partial charge on any atom is -0.371 e. The first-order valence-electron chi connectivity index (χ1n) is 9.59. The Labute approximate surface area is 177 Å². The van der Waals surface area contributed by atoms with Gasteiger partial charge in [0.05, 0.1) is 5.69 Å². The van der Waals surface area contributed by atoms with Crippen molar-refractivity contribution in [3.63, 3.8) is 0 Å². The summed E-state index contributed by atoms with van der Waals surface area (Å²) in [5, 5.41) is 2.17. The molecular weight excluding hydrogens is 409 g/mol. The molecule has 6 nitrogen and oxygen atoms in total. The molecule has 1 saturated heterocycles. The zero-order valence-electron chi connectivity index (χ0n) is 16.0. The second-order valence-electron chi connectivity index (χ2n) is 7.10. The van der Waals surface area contributed by atoms with Crippen LogP contribution in [0.15, 0.2) is 48.0 Å². The van der Waals surface area contributed by atoms with Gasteiger partial charge in [-0.25, -0.2) is 14.1 Å². The molecule has 0 atom stereocenters. The fourth-order valence-corrected chi connectivity index (χ4v) is 3.83. The lowest BCUT2D eigenvalue weighted by atomic mass is 10.0. The third-order valence-corrected chi connectivity index (χ3v) is 5.42. The highest BCUT2D eigenvalue weighted by Crippen LogP contribution is 2.30. The van der Waals surface area contributed by atoms with E-state index in [4.69, 9.17) is 11.6 Å². The molecule has 154 valence electrons. The van der Waals surface area contributed by atoms with Crippen LogP contribution in [0.3, 0.4) is 0 Å². The standard InChI is InChI=1S/C22H19ClFN3O3/c23-9-1-10-26-11-8-15-12-14(2-7-19(15)26)13-18-20(28)25-22(30)27(21(18)29)17-5-3-16(24)4-6-17/h2-7,12-13H,1,8-11H2,(H,25,28,30). The highest BCUT2D eigenvalue weighted by Gasteiger charge is 2.36. The van der Waals surface area contributed by atoms with Crippen LogP contribution in [0.1, 0.15) is 17.5 Å². The number of rotatable bonds is 5. The molecule has 1 fully saturated rings. The van der Waals surface area contributed by atoms with Crippen molar-refractivity contribution in [1.82, 2.24) is 5.32 Å². The Bertz CT molecular complexity index is 1050. The van der Waals surface area contributed by atoms with Gasteiger partial charge in [0.15, 0.2) is 0 Å². The average Bonchev–Trinajstić information content (AvgIpc) is 3.13. The van der Waals surface area contributed by atoms with Gasteiger partial charge in [0.2, 0.25) is 0 Å². The number of imide groups is 2. The van der Waals surface area contributed by atoms with E-state index in [1.807, 2.05) is 18.2 Å². The largest absolute Gasteiger partial charge is 0.371 e. The smallest absolute Gasteiger partial charge is 0.335 e. The maximum absolute atomic E-state index is 13.2. The van der Waals surface area contributed by atoms with E-state index in [1.54, 1.807) is 0 Å². The SMILES string of the molecule is O=C1NC(=O)N(c2ccc(F)cc2)C(=O)C1=Cc1ccc2c(c1)CCN2CCCCl. The summed E-state index contributed by atoms with van der Waals surface area (Å²) in [5.74, 6) is -1.39. The summed E-state index contributed by atoms with van der Waals surface area (Å²) >= 11 is 5.79. The van der Waals surface area contributed by atoms with Crippen molar-refractivity contribution in [3.05, 3.63) is 65.0 Å². The van der Waals surface area contributed by atoms with Gasteiger partial charge in [-0.1, -0.05) is 6.07 Å². The van der Waals surface area contributed by atoms with Crippen LogP contribution in [0.2, 0.25) is 0 Å². The number of halogens is 2. The van der Waals surface area contributed by atoms with E-state index < -0.39 is 23.7 Å². The summed E-state index contributed by atoms with van der Waals surface area (Å²) in [5.41, 5.74) is 2.98. The number of anilines is 2. The van der Waals surface area contributed by atoms with E-state index in [0.29, 0.717) is 11.4 Å². The van der Waals surface area contributed by atoms with Crippen LogP contribution in [0, 0.1) is 5.82 Å². The molecule has 0 aromatic heterocycles. The second-order valence-corrected chi connectivity index (χ2v) is 7.48. The van der Waals surface area contributed by atoms with Crippen molar-refractivity contribution in [1.29, 1.82) is 0 Å². The van der Waals surface area contributed by atoms with E-state index in [2.05, 4.69) is 10.2 Å². The van der Waals surface area contributed by atoms with Crippen LogP contribution >= 0.6 is 11.6 Å². The molecule has 2 aromatic carbocycles. The molecular formula is C22H19ClFN3O3. The van der Waals surface area contributed by atoms with Gasteiger partial charge in [-0.15, -0.1) is 11.6 Å². The Balaban J connectivity index is 1.62. The Morgan fingerprint density at radius 2 is 1.87 bits per heavy atom. The lowest BCUT2D eigenvalue weighted by Crippen LogP contribution is -2.54. The molecule has 2 heterocycles. The molecule has 0 saturated carbocycles. The number of carbonyl (C=O) groups excluding carboxylic acids is 3. The number of benzene rings is 2. The Kier molecular flexibility index (Phi) is 5.55. The summed E-state index contributed by atoms with van der Waals surface area (Å²) in [4.78, 5) is 40.5. The maximum atomic E-state index is 13.2. The van der Waals surface area contributed by atoms with E-state index in [1.165, 1.54) is 18.2 Å². The Morgan fingerprint density at radius 1 is 1.10 bits per heavy atom. The van der Waals surface area contributed by atoms with Crippen LogP contribution in [0.25, 0.3) is 6.08 Å². The first-order valence-corrected chi connectivity index (χ1v) is 10.1. The van der Waals surface area contributed by atoms with Crippen LogP contribution < -0.4 is 15.1 Å².